The van der Waals surface area contributed by atoms with Crippen molar-refractivity contribution >= 4 is 45.9 Å². The third kappa shape index (κ3) is 7.65. The second-order valence-electron chi connectivity index (χ2n) is 7.03. The summed E-state index contributed by atoms with van der Waals surface area (Å²) < 4.78 is 4.85. The van der Waals surface area contributed by atoms with E-state index >= 15 is 0 Å². The normalized spacial score (nSPS) is 11.5. The summed E-state index contributed by atoms with van der Waals surface area (Å²) >= 11 is 7.23. The highest BCUT2D eigenvalue weighted by atomic mass is 35.5. The minimum absolute atomic E-state index is 0.0568. The molecule has 0 saturated carbocycles. The summed E-state index contributed by atoms with van der Waals surface area (Å²) in [5, 5.41) is 15.0. The lowest BCUT2D eigenvalue weighted by atomic mass is 10.0. The number of halogens is 1. The van der Waals surface area contributed by atoms with Crippen LogP contribution in [0.3, 0.4) is 0 Å². The number of aromatic nitrogens is 2. The maximum Gasteiger partial charge on any atom is 0.306 e. The van der Waals surface area contributed by atoms with E-state index in [-0.39, 0.29) is 25.9 Å². The van der Waals surface area contributed by atoms with Gasteiger partial charge in [0.05, 0.1) is 13.0 Å². The molecule has 1 aromatic heterocycles. The van der Waals surface area contributed by atoms with Crippen molar-refractivity contribution in [3.63, 3.8) is 0 Å². The van der Waals surface area contributed by atoms with Gasteiger partial charge in [0.1, 0.15) is 11.0 Å². The predicted octanol–water partition coefficient (Wildman–Crippen LogP) is 3.87. The number of ether oxygens (including phenoxy) is 1. The van der Waals surface area contributed by atoms with Crippen LogP contribution in [-0.4, -0.2) is 40.6 Å². The van der Waals surface area contributed by atoms with Crippen LogP contribution < -0.4 is 10.6 Å². The SMILES string of the molecule is CCOC(=O)CCC(=O)NC(Cc1ccccc1)C(=O)Nc1nnc(-c2cccc(Cl)c2)s1. The van der Waals surface area contributed by atoms with E-state index in [1.54, 1.807) is 25.1 Å². The van der Waals surface area contributed by atoms with Gasteiger partial charge in [-0.3, -0.25) is 19.7 Å². The van der Waals surface area contributed by atoms with E-state index in [0.29, 0.717) is 15.2 Å². The highest BCUT2D eigenvalue weighted by Crippen LogP contribution is 2.28. The van der Waals surface area contributed by atoms with E-state index in [1.807, 2.05) is 36.4 Å². The minimum Gasteiger partial charge on any atom is -0.466 e. The molecule has 0 aliphatic rings. The van der Waals surface area contributed by atoms with Gasteiger partial charge in [-0.05, 0) is 24.6 Å². The molecule has 1 heterocycles. The van der Waals surface area contributed by atoms with Gasteiger partial charge in [0.2, 0.25) is 16.9 Å². The second kappa shape index (κ2) is 12.1. The van der Waals surface area contributed by atoms with Crippen LogP contribution in [0.15, 0.2) is 54.6 Å². The third-order valence-corrected chi connectivity index (χ3v) is 5.65. The van der Waals surface area contributed by atoms with Crippen LogP contribution in [0.5, 0.6) is 0 Å². The first-order valence-corrected chi connectivity index (χ1v) is 11.5. The lowest BCUT2D eigenvalue weighted by molar-refractivity contribution is -0.144. The molecule has 0 aliphatic carbocycles. The zero-order valence-electron chi connectivity index (χ0n) is 17.9. The Morgan fingerprint density at radius 1 is 1.06 bits per heavy atom. The molecule has 0 radical (unpaired) electrons. The number of benzene rings is 2. The van der Waals surface area contributed by atoms with Crippen LogP contribution in [0, 0.1) is 0 Å². The van der Waals surface area contributed by atoms with Crippen molar-refractivity contribution in [1.82, 2.24) is 15.5 Å². The van der Waals surface area contributed by atoms with Crippen molar-refractivity contribution in [1.29, 1.82) is 0 Å². The Labute approximate surface area is 200 Å². The summed E-state index contributed by atoms with van der Waals surface area (Å²) in [5.74, 6) is -1.31. The fourth-order valence-corrected chi connectivity index (χ4v) is 3.91. The molecule has 1 unspecified atom stereocenters. The Balaban J connectivity index is 1.68. The molecule has 10 heteroatoms. The molecule has 2 aromatic carbocycles. The molecular weight excluding hydrogens is 464 g/mol. The van der Waals surface area contributed by atoms with Crippen LogP contribution in [0.2, 0.25) is 5.02 Å². The Kier molecular flexibility index (Phi) is 8.91. The summed E-state index contributed by atoms with van der Waals surface area (Å²) in [6.07, 6.45) is 0.144. The number of amides is 2. The van der Waals surface area contributed by atoms with E-state index in [1.165, 1.54) is 11.3 Å². The average molecular weight is 487 g/mol. The highest BCUT2D eigenvalue weighted by molar-refractivity contribution is 7.18. The number of anilines is 1. The van der Waals surface area contributed by atoms with Crippen molar-refractivity contribution in [2.24, 2.45) is 0 Å². The Hall–Kier alpha value is -3.30. The molecule has 2 amide bonds. The molecular formula is C23H23ClN4O4S. The molecule has 0 fully saturated rings. The van der Waals surface area contributed by atoms with Crippen LogP contribution >= 0.6 is 22.9 Å². The average Bonchev–Trinajstić information content (AvgIpc) is 3.27. The summed E-state index contributed by atoms with van der Waals surface area (Å²) in [4.78, 5) is 36.9. The topological polar surface area (TPSA) is 110 Å². The summed E-state index contributed by atoms with van der Waals surface area (Å²) in [6, 6.07) is 15.6. The number of nitrogens with zero attached hydrogens (tertiary/aromatic N) is 2. The van der Waals surface area contributed by atoms with Gasteiger partial charge >= 0.3 is 5.97 Å². The molecule has 3 rings (SSSR count). The van der Waals surface area contributed by atoms with Crippen molar-refractivity contribution in [3.05, 3.63) is 65.2 Å². The van der Waals surface area contributed by atoms with Crippen molar-refractivity contribution in [2.75, 3.05) is 11.9 Å². The Morgan fingerprint density at radius 3 is 2.58 bits per heavy atom. The monoisotopic (exact) mass is 486 g/mol. The number of carbonyl (C=O) groups is 3. The lowest BCUT2D eigenvalue weighted by Gasteiger charge is -2.18. The quantitative estimate of drug-likeness (QED) is 0.421. The fraction of sp³-hybridized carbons (Fsp3) is 0.261. The first-order valence-electron chi connectivity index (χ1n) is 10.3. The van der Waals surface area contributed by atoms with Gasteiger partial charge in [-0.1, -0.05) is 65.4 Å². The van der Waals surface area contributed by atoms with E-state index < -0.39 is 23.8 Å². The van der Waals surface area contributed by atoms with Gasteiger partial charge in [0, 0.05) is 23.4 Å². The van der Waals surface area contributed by atoms with Gasteiger partial charge < -0.3 is 10.1 Å². The van der Waals surface area contributed by atoms with Crippen molar-refractivity contribution in [3.8, 4) is 10.6 Å². The number of nitrogens with one attached hydrogen (secondary N) is 2. The molecule has 8 nitrogen and oxygen atoms in total. The number of carbonyl (C=O) groups excluding carboxylic acids is 3. The maximum atomic E-state index is 13.0. The van der Waals surface area contributed by atoms with Crippen molar-refractivity contribution < 1.29 is 19.1 Å². The fourth-order valence-electron chi connectivity index (χ4n) is 2.98. The van der Waals surface area contributed by atoms with Gasteiger partial charge in [0.15, 0.2) is 0 Å². The van der Waals surface area contributed by atoms with E-state index in [0.717, 1.165) is 11.1 Å². The molecule has 3 aromatic rings. The molecule has 0 spiro atoms. The van der Waals surface area contributed by atoms with Crippen molar-refractivity contribution in [2.45, 2.75) is 32.2 Å². The van der Waals surface area contributed by atoms with E-state index in [4.69, 9.17) is 16.3 Å². The number of hydrogen-bond acceptors (Lipinski definition) is 7. The van der Waals surface area contributed by atoms with Gasteiger partial charge in [-0.15, -0.1) is 10.2 Å². The molecule has 33 heavy (non-hydrogen) atoms. The third-order valence-electron chi connectivity index (χ3n) is 4.52. The first-order chi connectivity index (χ1) is 15.9. The molecule has 0 saturated heterocycles. The summed E-state index contributed by atoms with van der Waals surface area (Å²) in [5.41, 5.74) is 1.66. The van der Waals surface area contributed by atoms with Gasteiger partial charge in [-0.2, -0.15) is 0 Å². The van der Waals surface area contributed by atoms with Crippen LogP contribution in [0.25, 0.3) is 10.6 Å². The second-order valence-corrected chi connectivity index (χ2v) is 8.44. The smallest absolute Gasteiger partial charge is 0.306 e. The minimum atomic E-state index is -0.861. The largest absolute Gasteiger partial charge is 0.466 e. The summed E-state index contributed by atoms with van der Waals surface area (Å²) in [6.45, 7) is 1.95. The molecule has 0 bridgehead atoms. The van der Waals surface area contributed by atoms with E-state index in [2.05, 4.69) is 20.8 Å². The summed E-state index contributed by atoms with van der Waals surface area (Å²) in [7, 11) is 0. The number of rotatable bonds is 10. The molecule has 0 aliphatic heterocycles. The van der Waals surface area contributed by atoms with Crippen LogP contribution in [0.4, 0.5) is 5.13 Å². The van der Waals surface area contributed by atoms with Crippen LogP contribution in [-0.2, 0) is 25.5 Å². The van der Waals surface area contributed by atoms with Gasteiger partial charge in [0.25, 0.3) is 0 Å². The maximum absolute atomic E-state index is 13.0. The first kappa shape index (κ1) is 24.3. The molecule has 1 atom stereocenters. The lowest BCUT2D eigenvalue weighted by Crippen LogP contribution is -2.45. The standard InChI is InChI=1S/C23H23ClN4O4S/c1-2-32-20(30)12-11-19(29)25-18(13-15-7-4-3-5-8-15)21(31)26-23-28-27-22(33-23)16-9-6-10-17(24)14-16/h3-10,14,18H,2,11-13H2,1H3,(H,25,29)(H,26,28,31). The number of hydrogen-bond donors (Lipinski definition) is 2. The van der Waals surface area contributed by atoms with Crippen LogP contribution in [0.1, 0.15) is 25.3 Å². The zero-order valence-corrected chi connectivity index (χ0v) is 19.5. The number of esters is 1. The predicted molar refractivity (Wildman–Crippen MR) is 127 cm³/mol. The molecule has 172 valence electrons. The Bertz CT molecular complexity index is 1110. The highest BCUT2D eigenvalue weighted by Gasteiger charge is 2.23. The van der Waals surface area contributed by atoms with Gasteiger partial charge in [-0.25, -0.2) is 0 Å². The van der Waals surface area contributed by atoms with E-state index in [9.17, 15) is 14.4 Å². The molecule has 2 N–H and O–H groups in total. The Morgan fingerprint density at radius 2 is 1.85 bits per heavy atom. The zero-order chi connectivity index (χ0) is 23.6.